The number of nitrogens with one attached hydrogen (secondary N) is 2. The summed E-state index contributed by atoms with van der Waals surface area (Å²) in [6.07, 6.45) is 1.54. The summed E-state index contributed by atoms with van der Waals surface area (Å²) in [6.45, 7) is 1.38. The molecule has 0 unspecified atom stereocenters. The molecule has 5 nitrogen and oxygen atoms in total. The van der Waals surface area contributed by atoms with Gasteiger partial charge in [0.15, 0.2) is 5.96 Å². The molecule has 0 aliphatic heterocycles. The number of amides is 1. The van der Waals surface area contributed by atoms with Gasteiger partial charge in [-0.05, 0) is 64.2 Å². The molecule has 0 aliphatic rings. The van der Waals surface area contributed by atoms with Gasteiger partial charge in [0.05, 0.1) is 4.47 Å². The second-order valence-electron chi connectivity index (χ2n) is 6.57. The highest BCUT2D eigenvalue weighted by atomic mass is 127. The lowest BCUT2D eigenvalue weighted by Gasteiger charge is -2.13. The predicted molar refractivity (Wildman–Crippen MR) is 131 cm³/mol. The third-order valence-corrected chi connectivity index (χ3v) is 4.81. The number of carbonyl (C=O) groups excluding carboxylic acids is 1. The maximum absolute atomic E-state index is 13.3. The van der Waals surface area contributed by atoms with E-state index in [2.05, 4.69) is 31.6 Å². The number of hydrogen-bond acceptors (Lipinski definition) is 2. The van der Waals surface area contributed by atoms with Gasteiger partial charge >= 0.3 is 0 Å². The van der Waals surface area contributed by atoms with E-state index in [1.54, 1.807) is 38.2 Å². The van der Waals surface area contributed by atoms with Crippen molar-refractivity contribution in [2.75, 3.05) is 34.2 Å². The first kappa shape index (κ1) is 25.4. The van der Waals surface area contributed by atoms with Gasteiger partial charge in [0.1, 0.15) is 5.82 Å². The molecule has 0 atom stereocenters. The van der Waals surface area contributed by atoms with E-state index in [9.17, 15) is 9.18 Å². The quantitative estimate of drug-likeness (QED) is 0.299. The summed E-state index contributed by atoms with van der Waals surface area (Å²) in [5.74, 6) is 0.451. The van der Waals surface area contributed by atoms with Crippen LogP contribution in [0.1, 0.15) is 21.5 Å². The van der Waals surface area contributed by atoms with E-state index in [4.69, 9.17) is 0 Å². The number of aliphatic imine (C=N–C) groups is 1. The van der Waals surface area contributed by atoms with Gasteiger partial charge in [0.2, 0.25) is 0 Å². The van der Waals surface area contributed by atoms with Crippen molar-refractivity contribution in [1.29, 1.82) is 0 Å². The molecule has 158 valence electrons. The van der Waals surface area contributed by atoms with Gasteiger partial charge in [-0.25, -0.2) is 4.39 Å². The number of guanidine groups is 1. The van der Waals surface area contributed by atoms with Crippen LogP contribution >= 0.6 is 39.9 Å². The summed E-state index contributed by atoms with van der Waals surface area (Å²) in [6, 6.07) is 12.7. The molecule has 1 amide bonds. The third kappa shape index (κ3) is 8.30. The Hall–Kier alpha value is -1.68. The highest BCUT2D eigenvalue weighted by Gasteiger charge is 2.08. The van der Waals surface area contributed by atoms with E-state index in [0.717, 1.165) is 24.0 Å². The van der Waals surface area contributed by atoms with Crippen molar-refractivity contribution < 1.29 is 9.18 Å². The predicted octanol–water partition coefficient (Wildman–Crippen LogP) is 3.86. The van der Waals surface area contributed by atoms with Crippen LogP contribution in [0.25, 0.3) is 0 Å². The lowest BCUT2D eigenvalue weighted by molar-refractivity contribution is 0.0827. The fourth-order valence-electron chi connectivity index (χ4n) is 2.68. The summed E-state index contributed by atoms with van der Waals surface area (Å²) < 4.78 is 13.8. The molecule has 2 rings (SSSR count). The van der Waals surface area contributed by atoms with Crippen molar-refractivity contribution in [1.82, 2.24) is 15.5 Å². The number of carbonyl (C=O) groups is 1. The molecule has 0 heterocycles. The van der Waals surface area contributed by atoms with Crippen LogP contribution in [-0.4, -0.2) is 51.0 Å². The molecule has 0 aliphatic carbocycles. The summed E-state index contributed by atoms with van der Waals surface area (Å²) in [5, 5.41) is 6.52. The molecule has 2 aromatic carbocycles. The summed E-state index contributed by atoms with van der Waals surface area (Å²) >= 11 is 3.20. The van der Waals surface area contributed by atoms with Gasteiger partial charge in [0.25, 0.3) is 5.91 Å². The van der Waals surface area contributed by atoms with E-state index >= 15 is 0 Å². The summed E-state index contributed by atoms with van der Waals surface area (Å²) in [4.78, 5) is 17.8. The molecular formula is C21H27BrFIN4O. The van der Waals surface area contributed by atoms with Gasteiger partial charge < -0.3 is 15.5 Å². The molecule has 0 aromatic heterocycles. The van der Waals surface area contributed by atoms with Gasteiger partial charge in [0, 0.05) is 39.8 Å². The van der Waals surface area contributed by atoms with Crippen molar-refractivity contribution in [2.45, 2.75) is 12.8 Å². The Morgan fingerprint density at radius 2 is 1.69 bits per heavy atom. The van der Waals surface area contributed by atoms with Crippen LogP contribution in [0.2, 0.25) is 0 Å². The first-order valence-corrected chi connectivity index (χ1v) is 9.89. The molecule has 29 heavy (non-hydrogen) atoms. The van der Waals surface area contributed by atoms with Crippen LogP contribution in [0.15, 0.2) is 51.9 Å². The van der Waals surface area contributed by atoms with Crippen LogP contribution < -0.4 is 10.6 Å². The Kier molecular flexibility index (Phi) is 11.2. The van der Waals surface area contributed by atoms with Gasteiger partial charge in [-0.1, -0.05) is 18.2 Å². The fourth-order valence-corrected chi connectivity index (χ4v) is 3.11. The van der Waals surface area contributed by atoms with Crippen LogP contribution in [0.5, 0.6) is 0 Å². The number of benzene rings is 2. The Bertz CT molecular complexity index is 845. The van der Waals surface area contributed by atoms with E-state index in [-0.39, 0.29) is 35.7 Å². The molecule has 2 aromatic rings. The Balaban J connectivity index is 0.00000420. The summed E-state index contributed by atoms with van der Waals surface area (Å²) in [7, 11) is 5.22. The van der Waals surface area contributed by atoms with Gasteiger partial charge in [-0.15, -0.1) is 24.0 Å². The lowest BCUT2D eigenvalue weighted by atomic mass is 10.1. The van der Waals surface area contributed by atoms with Crippen molar-refractivity contribution in [2.24, 2.45) is 4.99 Å². The lowest BCUT2D eigenvalue weighted by Crippen LogP contribution is -2.39. The SMILES string of the molecule is CN=C(NCCc1cccc(C(=O)N(C)C)c1)NCCc1ccc(F)c(Br)c1.I. The van der Waals surface area contributed by atoms with Crippen molar-refractivity contribution in [3.8, 4) is 0 Å². The largest absolute Gasteiger partial charge is 0.356 e. The maximum Gasteiger partial charge on any atom is 0.253 e. The van der Waals surface area contributed by atoms with Gasteiger partial charge in [-0.3, -0.25) is 9.79 Å². The highest BCUT2D eigenvalue weighted by molar-refractivity contribution is 14.0. The Morgan fingerprint density at radius 3 is 2.24 bits per heavy atom. The van der Waals surface area contributed by atoms with Crippen LogP contribution in [0, 0.1) is 5.82 Å². The normalized spacial score (nSPS) is 10.9. The molecule has 8 heteroatoms. The van der Waals surface area contributed by atoms with Crippen LogP contribution in [-0.2, 0) is 12.8 Å². The molecule has 0 radical (unpaired) electrons. The average molecular weight is 577 g/mol. The number of hydrogen-bond donors (Lipinski definition) is 2. The number of rotatable bonds is 7. The molecule has 0 fully saturated rings. The second kappa shape index (κ2) is 12.8. The minimum Gasteiger partial charge on any atom is -0.356 e. The van der Waals surface area contributed by atoms with Crippen LogP contribution in [0.4, 0.5) is 4.39 Å². The molecule has 0 saturated heterocycles. The number of nitrogens with zero attached hydrogens (tertiary/aromatic N) is 2. The van der Waals surface area contributed by atoms with E-state index in [1.165, 1.54) is 6.07 Å². The Morgan fingerprint density at radius 1 is 1.07 bits per heavy atom. The van der Waals surface area contributed by atoms with Crippen molar-refractivity contribution in [3.05, 3.63) is 69.4 Å². The first-order valence-electron chi connectivity index (χ1n) is 9.09. The zero-order valence-electron chi connectivity index (χ0n) is 16.8. The molecule has 0 spiro atoms. The topological polar surface area (TPSA) is 56.7 Å². The number of halogens is 3. The highest BCUT2D eigenvalue weighted by Crippen LogP contribution is 2.16. The molecule has 0 saturated carbocycles. The average Bonchev–Trinajstić information content (AvgIpc) is 2.69. The Labute approximate surface area is 197 Å². The first-order chi connectivity index (χ1) is 13.4. The minimum absolute atomic E-state index is 0. The van der Waals surface area contributed by atoms with Crippen molar-refractivity contribution >= 4 is 51.8 Å². The van der Waals surface area contributed by atoms with E-state index < -0.39 is 0 Å². The zero-order chi connectivity index (χ0) is 20.5. The molecule has 2 N–H and O–H groups in total. The van der Waals surface area contributed by atoms with Gasteiger partial charge in [-0.2, -0.15) is 0 Å². The fraction of sp³-hybridized carbons (Fsp3) is 0.333. The second-order valence-corrected chi connectivity index (χ2v) is 7.43. The maximum atomic E-state index is 13.3. The van der Waals surface area contributed by atoms with Crippen molar-refractivity contribution in [3.63, 3.8) is 0 Å². The molecule has 0 bridgehead atoms. The van der Waals surface area contributed by atoms with E-state index in [1.807, 2.05) is 24.3 Å². The minimum atomic E-state index is -0.259. The summed E-state index contributed by atoms with van der Waals surface area (Å²) in [5.41, 5.74) is 2.82. The standard InChI is InChI=1S/C21H26BrFN4O.HI/c1-24-21(26-12-10-16-7-8-19(23)18(22)14-16)25-11-9-15-5-4-6-17(13-15)20(28)27(2)3;/h4-8,13-14H,9-12H2,1-3H3,(H2,24,25,26);1H. The monoisotopic (exact) mass is 576 g/mol. The smallest absolute Gasteiger partial charge is 0.253 e. The molecular weight excluding hydrogens is 550 g/mol. The third-order valence-electron chi connectivity index (χ3n) is 4.20. The van der Waals surface area contributed by atoms with Crippen LogP contribution in [0.3, 0.4) is 0 Å². The zero-order valence-corrected chi connectivity index (χ0v) is 20.8. The van der Waals surface area contributed by atoms with E-state index in [0.29, 0.717) is 29.1 Å².